The molecule has 130 valence electrons. The highest BCUT2D eigenvalue weighted by atomic mass is 32.2. The van der Waals surface area contributed by atoms with Crippen LogP contribution in [0.3, 0.4) is 0 Å². The summed E-state index contributed by atoms with van der Waals surface area (Å²) in [5.41, 5.74) is 1.31. The summed E-state index contributed by atoms with van der Waals surface area (Å²) in [5, 5.41) is 8.86. The molecule has 0 bridgehead atoms. The Morgan fingerprint density at radius 1 is 1.08 bits per heavy atom. The molecule has 0 N–H and O–H groups in total. The zero-order valence-electron chi connectivity index (χ0n) is 13.2. The Morgan fingerprint density at radius 2 is 1.80 bits per heavy atom. The number of benzene rings is 2. The van der Waals surface area contributed by atoms with Crippen molar-refractivity contribution in [1.82, 2.24) is 14.8 Å². The molecular weight excluding hydrogens is 351 g/mol. The third kappa shape index (κ3) is 4.14. The van der Waals surface area contributed by atoms with Gasteiger partial charge >= 0.3 is 6.61 Å². The Balaban J connectivity index is 1.73. The van der Waals surface area contributed by atoms with E-state index in [1.807, 2.05) is 0 Å². The highest BCUT2D eigenvalue weighted by molar-refractivity contribution is 7.98. The van der Waals surface area contributed by atoms with Gasteiger partial charge in [0.25, 0.3) is 0 Å². The predicted molar refractivity (Wildman–Crippen MR) is 89.0 cm³/mol. The van der Waals surface area contributed by atoms with Crippen molar-refractivity contribution in [2.24, 2.45) is 7.05 Å². The van der Waals surface area contributed by atoms with Gasteiger partial charge in [0.1, 0.15) is 11.6 Å². The number of rotatable bonds is 6. The molecule has 4 nitrogen and oxygen atoms in total. The summed E-state index contributed by atoms with van der Waals surface area (Å²) in [5.74, 6) is 0.835. The van der Waals surface area contributed by atoms with Crippen molar-refractivity contribution >= 4 is 11.8 Å². The van der Waals surface area contributed by atoms with Crippen LogP contribution in [-0.2, 0) is 12.8 Å². The maximum absolute atomic E-state index is 13.7. The van der Waals surface area contributed by atoms with Crippen molar-refractivity contribution in [1.29, 1.82) is 0 Å². The molecule has 0 spiro atoms. The molecule has 0 aliphatic rings. The fourth-order valence-electron chi connectivity index (χ4n) is 2.24. The number of ether oxygens (including phenoxy) is 1. The van der Waals surface area contributed by atoms with Crippen LogP contribution < -0.4 is 4.74 Å². The first-order chi connectivity index (χ1) is 12.0. The summed E-state index contributed by atoms with van der Waals surface area (Å²) in [7, 11) is 1.79. The molecule has 8 heteroatoms. The molecule has 0 amide bonds. The van der Waals surface area contributed by atoms with Crippen LogP contribution in [0.4, 0.5) is 13.2 Å². The summed E-state index contributed by atoms with van der Waals surface area (Å²) < 4.78 is 44.1. The van der Waals surface area contributed by atoms with Gasteiger partial charge in [-0.2, -0.15) is 8.78 Å². The third-order valence-electron chi connectivity index (χ3n) is 3.49. The first kappa shape index (κ1) is 17.3. The highest BCUT2D eigenvalue weighted by Crippen LogP contribution is 2.27. The topological polar surface area (TPSA) is 39.9 Å². The van der Waals surface area contributed by atoms with Crippen LogP contribution in [0.5, 0.6) is 5.75 Å². The van der Waals surface area contributed by atoms with E-state index in [2.05, 4.69) is 14.9 Å². The molecule has 0 atom stereocenters. The molecule has 1 heterocycles. The fraction of sp³-hybridized carbons (Fsp3) is 0.176. The molecule has 3 rings (SSSR count). The van der Waals surface area contributed by atoms with Gasteiger partial charge in [-0.05, 0) is 35.9 Å². The number of hydrogen-bond acceptors (Lipinski definition) is 4. The van der Waals surface area contributed by atoms with Crippen molar-refractivity contribution in [2.45, 2.75) is 17.5 Å². The monoisotopic (exact) mass is 365 g/mol. The minimum atomic E-state index is -2.86. The maximum atomic E-state index is 13.7. The minimum absolute atomic E-state index is 0.0788. The molecular formula is C17H14F3N3OS. The van der Waals surface area contributed by atoms with Crippen LogP contribution >= 0.6 is 11.8 Å². The Kier molecular flexibility index (Phi) is 5.28. The van der Waals surface area contributed by atoms with Crippen LogP contribution in [0.1, 0.15) is 5.56 Å². The van der Waals surface area contributed by atoms with Crippen LogP contribution in [0.2, 0.25) is 0 Å². The predicted octanol–water partition coefficient (Wildman–Crippen LogP) is 4.51. The van der Waals surface area contributed by atoms with E-state index in [1.165, 1.54) is 30.0 Å². The molecule has 25 heavy (non-hydrogen) atoms. The number of thioether (sulfide) groups is 1. The quantitative estimate of drug-likeness (QED) is 0.603. The van der Waals surface area contributed by atoms with Crippen LogP contribution in [0.25, 0.3) is 11.4 Å². The van der Waals surface area contributed by atoms with Gasteiger partial charge in [-0.15, -0.1) is 10.2 Å². The third-order valence-corrected chi connectivity index (χ3v) is 4.56. The van der Waals surface area contributed by atoms with Crippen LogP contribution in [-0.4, -0.2) is 21.4 Å². The molecule has 2 aromatic carbocycles. The van der Waals surface area contributed by atoms with E-state index in [9.17, 15) is 13.2 Å². The number of nitrogens with zero attached hydrogens (tertiary/aromatic N) is 3. The second kappa shape index (κ2) is 7.60. The molecule has 0 saturated heterocycles. The van der Waals surface area contributed by atoms with E-state index in [0.29, 0.717) is 27.9 Å². The number of halogens is 3. The standard InChI is InChI=1S/C17H14F3N3OS/c1-23-15(11-6-8-13(9-7-11)24-16(19)20)21-22-17(23)25-10-12-4-2-3-5-14(12)18/h2-9,16H,10H2,1H3. The van der Waals surface area contributed by atoms with Crippen LogP contribution in [0, 0.1) is 5.82 Å². The zero-order valence-corrected chi connectivity index (χ0v) is 14.0. The number of hydrogen-bond donors (Lipinski definition) is 0. The van der Waals surface area contributed by atoms with Crippen LogP contribution in [0.15, 0.2) is 53.7 Å². The molecule has 1 aromatic heterocycles. The van der Waals surface area contributed by atoms with Crippen molar-refractivity contribution in [3.63, 3.8) is 0 Å². The fourth-order valence-corrected chi connectivity index (χ4v) is 3.13. The van der Waals surface area contributed by atoms with Gasteiger partial charge in [0.05, 0.1) is 0 Å². The molecule has 0 aliphatic carbocycles. The van der Waals surface area contributed by atoms with Gasteiger partial charge in [0.2, 0.25) is 0 Å². The molecule has 0 saturated carbocycles. The SMILES string of the molecule is Cn1c(SCc2ccccc2F)nnc1-c1ccc(OC(F)F)cc1. The number of aromatic nitrogens is 3. The lowest BCUT2D eigenvalue weighted by molar-refractivity contribution is -0.0498. The van der Waals surface area contributed by atoms with E-state index in [4.69, 9.17) is 0 Å². The number of alkyl halides is 2. The van der Waals surface area contributed by atoms with Gasteiger partial charge in [0, 0.05) is 18.4 Å². The first-order valence-electron chi connectivity index (χ1n) is 7.35. The lowest BCUT2D eigenvalue weighted by atomic mass is 10.2. The van der Waals surface area contributed by atoms with E-state index in [0.717, 1.165) is 0 Å². The zero-order chi connectivity index (χ0) is 17.8. The Labute approximate surface area is 146 Å². The second-order valence-electron chi connectivity index (χ2n) is 5.15. The lowest BCUT2D eigenvalue weighted by Gasteiger charge is -2.06. The summed E-state index contributed by atoms with van der Waals surface area (Å²) in [6, 6.07) is 12.7. The Morgan fingerprint density at radius 3 is 2.48 bits per heavy atom. The van der Waals surface area contributed by atoms with Crippen molar-refractivity contribution < 1.29 is 17.9 Å². The maximum Gasteiger partial charge on any atom is 0.387 e. The average Bonchev–Trinajstić information content (AvgIpc) is 2.95. The van der Waals surface area contributed by atoms with Gasteiger partial charge in [0.15, 0.2) is 11.0 Å². The first-order valence-corrected chi connectivity index (χ1v) is 8.34. The average molecular weight is 365 g/mol. The van der Waals surface area contributed by atoms with Crippen molar-refractivity contribution in [2.75, 3.05) is 0 Å². The summed E-state index contributed by atoms with van der Waals surface area (Å²) in [6.07, 6.45) is 0. The molecule has 3 aromatic rings. The lowest BCUT2D eigenvalue weighted by Crippen LogP contribution is -2.01. The minimum Gasteiger partial charge on any atom is -0.435 e. The molecule has 0 fully saturated rings. The molecule has 0 unspecified atom stereocenters. The van der Waals surface area contributed by atoms with Gasteiger partial charge in [-0.3, -0.25) is 0 Å². The Bertz CT molecular complexity index is 853. The van der Waals surface area contributed by atoms with Gasteiger partial charge < -0.3 is 9.30 Å². The summed E-state index contributed by atoms with van der Waals surface area (Å²) in [6.45, 7) is -2.86. The van der Waals surface area contributed by atoms with Crippen molar-refractivity contribution in [3.8, 4) is 17.1 Å². The summed E-state index contributed by atoms with van der Waals surface area (Å²) in [4.78, 5) is 0. The highest BCUT2D eigenvalue weighted by Gasteiger charge is 2.13. The molecule has 0 radical (unpaired) electrons. The molecule has 0 aliphatic heterocycles. The normalized spacial score (nSPS) is 11.1. The Hall–Kier alpha value is -2.48. The van der Waals surface area contributed by atoms with E-state index in [-0.39, 0.29) is 11.6 Å². The smallest absolute Gasteiger partial charge is 0.387 e. The van der Waals surface area contributed by atoms with E-state index in [1.54, 1.807) is 41.9 Å². The van der Waals surface area contributed by atoms with E-state index >= 15 is 0 Å². The van der Waals surface area contributed by atoms with Crippen molar-refractivity contribution in [3.05, 3.63) is 59.9 Å². The van der Waals surface area contributed by atoms with Gasteiger partial charge in [-0.1, -0.05) is 30.0 Å². The van der Waals surface area contributed by atoms with E-state index < -0.39 is 6.61 Å². The van der Waals surface area contributed by atoms with Gasteiger partial charge in [-0.25, -0.2) is 4.39 Å². The summed E-state index contributed by atoms with van der Waals surface area (Å²) >= 11 is 1.37. The second-order valence-corrected chi connectivity index (χ2v) is 6.09. The largest absolute Gasteiger partial charge is 0.435 e.